The standard InChI is InChI=1S/C15H14O3.C2H6/c1-18-14(17)15-7-6-11(16)8-13(15)12-5-3-2-4-10(12)9-15;1-2/h2-5,8H,6-7,9H2,1H3;1-2H3. The maximum Gasteiger partial charge on any atom is 0.316 e. The Balaban J connectivity index is 0.000000704. The Labute approximate surface area is 119 Å². The molecule has 0 N–H and O–H groups in total. The second-order valence-corrected chi connectivity index (χ2v) is 4.93. The summed E-state index contributed by atoms with van der Waals surface area (Å²) in [5.41, 5.74) is 2.37. The number of ketones is 1. The minimum atomic E-state index is -0.633. The first-order valence-electron chi connectivity index (χ1n) is 7.09. The molecule has 1 aromatic rings. The number of ether oxygens (including phenoxy) is 1. The van der Waals surface area contributed by atoms with Crippen molar-refractivity contribution in [1.82, 2.24) is 0 Å². The zero-order chi connectivity index (χ0) is 14.8. The molecule has 0 saturated heterocycles. The Morgan fingerprint density at radius 1 is 1.25 bits per heavy atom. The van der Waals surface area contributed by atoms with Crippen LogP contribution >= 0.6 is 0 Å². The van der Waals surface area contributed by atoms with Crippen LogP contribution in [0.1, 0.15) is 37.8 Å². The molecule has 2 aliphatic carbocycles. The average Bonchev–Trinajstić information content (AvgIpc) is 2.83. The molecule has 0 radical (unpaired) electrons. The van der Waals surface area contributed by atoms with Crippen molar-refractivity contribution in [1.29, 1.82) is 0 Å². The summed E-state index contributed by atoms with van der Waals surface area (Å²) >= 11 is 0. The molecule has 0 fully saturated rings. The highest BCUT2D eigenvalue weighted by molar-refractivity contribution is 6.07. The lowest BCUT2D eigenvalue weighted by atomic mass is 9.72. The normalized spacial score (nSPS) is 22.9. The molecular formula is C17H20O3. The molecular weight excluding hydrogens is 252 g/mol. The van der Waals surface area contributed by atoms with Crippen LogP contribution < -0.4 is 0 Å². The third-order valence-corrected chi connectivity index (χ3v) is 3.99. The highest BCUT2D eigenvalue weighted by Gasteiger charge is 2.50. The van der Waals surface area contributed by atoms with Gasteiger partial charge in [0.2, 0.25) is 0 Å². The summed E-state index contributed by atoms with van der Waals surface area (Å²) in [4.78, 5) is 23.8. The number of hydrogen-bond acceptors (Lipinski definition) is 3. The van der Waals surface area contributed by atoms with Crippen LogP contribution in [-0.2, 0) is 20.7 Å². The highest BCUT2D eigenvalue weighted by atomic mass is 16.5. The van der Waals surface area contributed by atoms with Crippen LogP contribution in [0, 0.1) is 5.41 Å². The van der Waals surface area contributed by atoms with Crippen LogP contribution in [0.3, 0.4) is 0 Å². The summed E-state index contributed by atoms with van der Waals surface area (Å²) in [5.74, 6) is -0.126. The minimum absolute atomic E-state index is 0.0984. The lowest BCUT2D eigenvalue weighted by Crippen LogP contribution is -2.35. The molecule has 106 valence electrons. The Kier molecular flexibility index (Phi) is 4.07. The van der Waals surface area contributed by atoms with Crippen LogP contribution in [0.25, 0.3) is 5.57 Å². The number of benzene rings is 1. The van der Waals surface area contributed by atoms with Gasteiger partial charge in [-0.2, -0.15) is 0 Å². The fourth-order valence-electron chi connectivity index (χ4n) is 3.10. The van der Waals surface area contributed by atoms with Gasteiger partial charge in [-0.05, 0) is 35.6 Å². The van der Waals surface area contributed by atoms with Gasteiger partial charge < -0.3 is 4.74 Å². The van der Waals surface area contributed by atoms with E-state index in [0.717, 1.165) is 16.7 Å². The zero-order valence-electron chi connectivity index (χ0n) is 12.2. The second-order valence-electron chi connectivity index (χ2n) is 4.93. The Hall–Kier alpha value is -1.90. The summed E-state index contributed by atoms with van der Waals surface area (Å²) in [6.07, 6.45) is 3.26. The summed E-state index contributed by atoms with van der Waals surface area (Å²) in [5, 5.41) is 0. The van der Waals surface area contributed by atoms with E-state index in [1.807, 2.05) is 38.1 Å². The third kappa shape index (κ3) is 2.07. The van der Waals surface area contributed by atoms with Gasteiger partial charge in [-0.1, -0.05) is 38.1 Å². The molecule has 3 rings (SSSR count). The van der Waals surface area contributed by atoms with Gasteiger partial charge in [0.25, 0.3) is 0 Å². The van der Waals surface area contributed by atoms with Crippen molar-refractivity contribution in [2.24, 2.45) is 5.41 Å². The van der Waals surface area contributed by atoms with Gasteiger partial charge in [0.05, 0.1) is 12.5 Å². The zero-order valence-corrected chi connectivity index (χ0v) is 12.2. The lowest BCUT2D eigenvalue weighted by molar-refractivity contribution is -0.149. The van der Waals surface area contributed by atoms with Crippen LogP contribution in [-0.4, -0.2) is 18.9 Å². The lowest BCUT2D eigenvalue weighted by Gasteiger charge is -2.30. The molecule has 1 atom stereocenters. The topological polar surface area (TPSA) is 43.4 Å². The third-order valence-electron chi connectivity index (χ3n) is 3.99. The van der Waals surface area contributed by atoms with Crippen molar-refractivity contribution in [2.75, 3.05) is 7.11 Å². The number of fused-ring (bicyclic) bond motifs is 3. The fraction of sp³-hybridized carbons (Fsp3) is 0.412. The van der Waals surface area contributed by atoms with Crippen molar-refractivity contribution in [3.8, 4) is 0 Å². The summed E-state index contributed by atoms with van der Waals surface area (Å²) in [7, 11) is 1.41. The molecule has 1 unspecified atom stereocenters. The van der Waals surface area contributed by atoms with Crippen molar-refractivity contribution in [2.45, 2.75) is 33.1 Å². The van der Waals surface area contributed by atoms with E-state index in [1.54, 1.807) is 6.08 Å². The number of carbonyl (C=O) groups excluding carboxylic acids is 2. The molecule has 1 aromatic carbocycles. The quantitative estimate of drug-likeness (QED) is 0.737. The first-order chi connectivity index (χ1) is 9.67. The molecule has 0 bridgehead atoms. The van der Waals surface area contributed by atoms with E-state index in [0.29, 0.717) is 19.3 Å². The summed E-state index contributed by atoms with van der Waals surface area (Å²) in [6.45, 7) is 4.00. The molecule has 3 heteroatoms. The largest absolute Gasteiger partial charge is 0.468 e. The number of rotatable bonds is 1. The maximum atomic E-state index is 12.2. The smallest absolute Gasteiger partial charge is 0.316 e. The van der Waals surface area contributed by atoms with Crippen molar-refractivity contribution < 1.29 is 14.3 Å². The van der Waals surface area contributed by atoms with E-state index in [2.05, 4.69) is 0 Å². The fourth-order valence-corrected chi connectivity index (χ4v) is 3.10. The van der Waals surface area contributed by atoms with Gasteiger partial charge in [0.1, 0.15) is 0 Å². The SMILES string of the molecule is CC.COC(=O)C12CCC(=O)C=C1c1ccccc1C2. The predicted octanol–water partition coefficient (Wildman–Crippen LogP) is 3.17. The molecule has 0 amide bonds. The van der Waals surface area contributed by atoms with Gasteiger partial charge >= 0.3 is 5.97 Å². The predicted molar refractivity (Wildman–Crippen MR) is 78.2 cm³/mol. The molecule has 0 spiro atoms. The van der Waals surface area contributed by atoms with Gasteiger partial charge in [0, 0.05) is 6.42 Å². The molecule has 0 heterocycles. The first kappa shape index (κ1) is 14.5. The molecule has 0 saturated carbocycles. The highest BCUT2D eigenvalue weighted by Crippen LogP contribution is 2.52. The van der Waals surface area contributed by atoms with Gasteiger partial charge in [-0.15, -0.1) is 0 Å². The van der Waals surface area contributed by atoms with E-state index in [1.165, 1.54) is 7.11 Å². The van der Waals surface area contributed by atoms with E-state index in [4.69, 9.17) is 4.74 Å². The molecule has 20 heavy (non-hydrogen) atoms. The van der Waals surface area contributed by atoms with Gasteiger partial charge in [0.15, 0.2) is 5.78 Å². The second kappa shape index (κ2) is 5.61. The van der Waals surface area contributed by atoms with Crippen LogP contribution in [0.15, 0.2) is 30.3 Å². The number of hydrogen-bond donors (Lipinski definition) is 0. The number of methoxy groups -OCH3 is 1. The first-order valence-corrected chi connectivity index (χ1v) is 7.09. The van der Waals surface area contributed by atoms with Crippen molar-refractivity contribution >= 4 is 17.3 Å². The molecule has 2 aliphatic rings. The van der Waals surface area contributed by atoms with Crippen molar-refractivity contribution in [3.05, 3.63) is 41.5 Å². The van der Waals surface area contributed by atoms with Gasteiger partial charge in [-0.25, -0.2) is 0 Å². The number of esters is 1. The summed E-state index contributed by atoms with van der Waals surface area (Å²) < 4.78 is 4.97. The Morgan fingerprint density at radius 2 is 1.95 bits per heavy atom. The molecule has 3 nitrogen and oxygen atoms in total. The monoisotopic (exact) mass is 272 g/mol. The number of allylic oxidation sites excluding steroid dienone is 1. The van der Waals surface area contributed by atoms with E-state index < -0.39 is 5.41 Å². The van der Waals surface area contributed by atoms with E-state index in [9.17, 15) is 9.59 Å². The maximum absolute atomic E-state index is 12.2. The minimum Gasteiger partial charge on any atom is -0.468 e. The van der Waals surface area contributed by atoms with E-state index >= 15 is 0 Å². The Morgan fingerprint density at radius 3 is 2.65 bits per heavy atom. The molecule has 0 aliphatic heterocycles. The average molecular weight is 272 g/mol. The van der Waals surface area contributed by atoms with Crippen molar-refractivity contribution in [3.63, 3.8) is 0 Å². The van der Waals surface area contributed by atoms with Crippen LogP contribution in [0.5, 0.6) is 0 Å². The van der Waals surface area contributed by atoms with E-state index in [-0.39, 0.29) is 11.8 Å². The Bertz CT molecular complexity index is 571. The van der Waals surface area contributed by atoms with Crippen LogP contribution in [0.4, 0.5) is 0 Å². The number of carbonyl (C=O) groups is 2. The molecule has 0 aromatic heterocycles. The van der Waals surface area contributed by atoms with Crippen LogP contribution in [0.2, 0.25) is 0 Å². The summed E-state index contributed by atoms with van der Waals surface area (Å²) in [6, 6.07) is 7.89. The van der Waals surface area contributed by atoms with Gasteiger partial charge in [-0.3, -0.25) is 9.59 Å².